The molecule has 0 heterocycles. The SMILES string of the molecule is CN=C(NCc1cccc(C(N)=O)c1)NC1CC=CC1.I. The van der Waals surface area contributed by atoms with Crippen LogP contribution in [-0.2, 0) is 6.54 Å². The van der Waals surface area contributed by atoms with Gasteiger partial charge in [0, 0.05) is 25.2 Å². The number of carbonyl (C=O) groups excluding carboxylic acids is 1. The summed E-state index contributed by atoms with van der Waals surface area (Å²) in [6.07, 6.45) is 6.39. The van der Waals surface area contributed by atoms with Crippen LogP contribution >= 0.6 is 24.0 Å². The van der Waals surface area contributed by atoms with Gasteiger partial charge in [-0.2, -0.15) is 0 Å². The Balaban J connectivity index is 0.00000220. The number of nitrogens with zero attached hydrogens (tertiary/aromatic N) is 1. The number of nitrogens with two attached hydrogens (primary N) is 1. The number of amides is 1. The van der Waals surface area contributed by atoms with Gasteiger partial charge in [0.2, 0.25) is 5.91 Å². The molecule has 1 aromatic rings. The van der Waals surface area contributed by atoms with E-state index in [9.17, 15) is 4.79 Å². The minimum atomic E-state index is -0.411. The van der Waals surface area contributed by atoms with E-state index in [1.807, 2.05) is 12.1 Å². The molecule has 4 N–H and O–H groups in total. The lowest BCUT2D eigenvalue weighted by atomic mass is 10.1. The van der Waals surface area contributed by atoms with Gasteiger partial charge in [-0.1, -0.05) is 24.3 Å². The van der Waals surface area contributed by atoms with Gasteiger partial charge in [0.1, 0.15) is 0 Å². The van der Waals surface area contributed by atoms with Crippen LogP contribution in [0.1, 0.15) is 28.8 Å². The van der Waals surface area contributed by atoms with Crippen molar-refractivity contribution in [2.45, 2.75) is 25.4 Å². The first kappa shape index (κ1) is 17.5. The summed E-state index contributed by atoms with van der Waals surface area (Å²) in [7, 11) is 1.75. The average molecular weight is 400 g/mol. The molecule has 0 unspecified atom stereocenters. The first-order chi connectivity index (χ1) is 9.69. The topological polar surface area (TPSA) is 79.5 Å². The van der Waals surface area contributed by atoms with Gasteiger partial charge in [-0.05, 0) is 30.5 Å². The molecular weight excluding hydrogens is 379 g/mol. The highest BCUT2D eigenvalue weighted by molar-refractivity contribution is 14.0. The van der Waals surface area contributed by atoms with Gasteiger partial charge in [-0.15, -0.1) is 24.0 Å². The largest absolute Gasteiger partial charge is 0.366 e. The fourth-order valence-corrected chi connectivity index (χ4v) is 2.14. The van der Waals surface area contributed by atoms with Crippen molar-refractivity contribution < 1.29 is 4.79 Å². The normalized spacial score (nSPS) is 14.6. The molecule has 1 aliphatic rings. The summed E-state index contributed by atoms with van der Waals surface area (Å²) in [5.74, 6) is 0.356. The van der Waals surface area contributed by atoms with E-state index in [0.29, 0.717) is 18.2 Å². The van der Waals surface area contributed by atoms with Crippen molar-refractivity contribution in [2.75, 3.05) is 7.05 Å². The number of benzene rings is 1. The third kappa shape index (κ3) is 5.37. The van der Waals surface area contributed by atoms with Crippen LogP contribution in [0.3, 0.4) is 0 Å². The van der Waals surface area contributed by atoms with Crippen molar-refractivity contribution in [1.29, 1.82) is 0 Å². The van der Waals surface area contributed by atoms with Crippen LogP contribution in [0.4, 0.5) is 0 Å². The molecule has 1 aliphatic carbocycles. The van der Waals surface area contributed by atoms with Crippen molar-refractivity contribution >= 4 is 35.8 Å². The summed E-state index contributed by atoms with van der Waals surface area (Å²) in [5.41, 5.74) is 6.79. The lowest BCUT2D eigenvalue weighted by molar-refractivity contribution is 0.1000. The van der Waals surface area contributed by atoms with Crippen LogP contribution in [0, 0.1) is 0 Å². The van der Waals surface area contributed by atoms with Crippen LogP contribution in [0.15, 0.2) is 41.4 Å². The second kappa shape index (κ2) is 8.66. The molecule has 6 heteroatoms. The minimum absolute atomic E-state index is 0. The Bertz CT molecular complexity index is 534. The average Bonchev–Trinajstić information content (AvgIpc) is 2.96. The third-order valence-electron chi connectivity index (χ3n) is 3.24. The van der Waals surface area contributed by atoms with Gasteiger partial charge >= 0.3 is 0 Å². The van der Waals surface area contributed by atoms with Crippen molar-refractivity contribution in [3.05, 3.63) is 47.5 Å². The predicted octanol–water partition coefficient (Wildman–Crippen LogP) is 1.79. The predicted molar refractivity (Wildman–Crippen MR) is 95.9 cm³/mol. The lowest BCUT2D eigenvalue weighted by Crippen LogP contribution is -2.42. The van der Waals surface area contributed by atoms with E-state index in [1.54, 1.807) is 19.2 Å². The quantitative estimate of drug-likeness (QED) is 0.312. The van der Waals surface area contributed by atoms with E-state index < -0.39 is 5.91 Å². The molecule has 0 aliphatic heterocycles. The Hall–Kier alpha value is -1.57. The fraction of sp³-hybridized carbons (Fsp3) is 0.333. The van der Waals surface area contributed by atoms with Gasteiger partial charge in [-0.3, -0.25) is 9.79 Å². The van der Waals surface area contributed by atoms with Crippen molar-refractivity contribution in [2.24, 2.45) is 10.7 Å². The zero-order valence-corrected chi connectivity index (χ0v) is 14.3. The van der Waals surface area contributed by atoms with Crippen molar-refractivity contribution in [1.82, 2.24) is 10.6 Å². The number of primary amides is 1. The molecule has 5 nitrogen and oxygen atoms in total. The molecule has 1 amide bonds. The first-order valence-electron chi connectivity index (χ1n) is 6.70. The van der Waals surface area contributed by atoms with E-state index in [4.69, 9.17) is 5.73 Å². The number of aliphatic imine (C=N–C) groups is 1. The van der Waals surface area contributed by atoms with E-state index in [-0.39, 0.29) is 24.0 Å². The molecule has 2 rings (SSSR count). The fourth-order valence-electron chi connectivity index (χ4n) is 2.14. The van der Waals surface area contributed by atoms with Crippen molar-refractivity contribution in [3.63, 3.8) is 0 Å². The smallest absolute Gasteiger partial charge is 0.248 e. The molecule has 0 aromatic heterocycles. The summed E-state index contributed by atoms with van der Waals surface area (Å²) < 4.78 is 0. The second-order valence-corrected chi connectivity index (χ2v) is 4.77. The number of carbonyl (C=O) groups is 1. The summed E-state index contributed by atoms with van der Waals surface area (Å²) in [4.78, 5) is 15.3. The Labute approximate surface area is 142 Å². The maximum atomic E-state index is 11.1. The van der Waals surface area contributed by atoms with Gasteiger partial charge < -0.3 is 16.4 Å². The van der Waals surface area contributed by atoms with Crippen LogP contribution in [0.2, 0.25) is 0 Å². The highest BCUT2D eigenvalue weighted by atomic mass is 127. The van der Waals surface area contributed by atoms with Crippen LogP contribution in [0.25, 0.3) is 0 Å². The van der Waals surface area contributed by atoms with Crippen LogP contribution in [0.5, 0.6) is 0 Å². The molecule has 0 spiro atoms. The first-order valence-corrected chi connectivity index (χ1v) is 6.70. The van der Waals surface area contributed by atoms with Crippen LogP contribution < -0.4 is 16.4 Å². The molecule has 1 aromatic carbocycles. The summed E-state index contributed by atoms with van der Waals surface area (Å²) in [5, 5.41) is 6.60. The number of rotatable bonds is 4. The van der Waals surface area contributed by atoms with E-state index in [1.165, 1.54) is 0 Å². The Morgan fingerprint density at radius 1 is 1.38 bits per heavy atom. The Morgan fingerprint density at radius 3 is 2.71 bits per heavy atom. The monoisotopic (exact) mass is 400 g/mol. The van der Waals surface area contributed by atoms with Crippen LogP contribution in [-0.4, -0.2) is 25.0 Å². The molecule has 0 saturated carbocycles. The zero-order chi connectivity index (χ0) is 14.4. The lowest BCUT2D eigenvalue weighted by Gasteiger charge is -2.17. The standard InChI is InChI=1S/C15H20N4O.HI/c1-17-15(19-13-7-2-3-8-13)18-10-11-5-4-6-12(9-11)14(16)20;/h2-6,9,13H,7-8,10H2,1H3,(H2,16,20)(H2,17,18,19);1H. The Morgan fingerprint density at radius 2 is 2.10 bits per heavy atom. The van der Waals surface area contributed by atoms with E-state index >= 15 is 0 Å². The molecule has 0 radical (unpaired) electrons. The number of hydrogen-bond acceptors (Lipinski definition) is 2. The number of hydrogen-bond donors (Lipinski definition) is 3. The van der Waals surface area contributed by atoms with E-state index in [0.717, 1.165) is 24.4 Å². The highest BCUT2D eigenvalue weighted by Crippen LogP contribution is 2.09. The molecule has 0 atom stereocenters. The minimum Gasteiger partial charge on any atom is -0.366 e. The number of guanidine groups is 1. The second-order valence-electron chi connectivity index (χ2n) is 4.77. The summed E-state index contributed by atoms with van der Waals surface area (Å²) in [6.45, 7) is 0.598. The molecule has 114 valence electrons. The van der Waals surface area contributed by atoms with Gasteiger partial charge in [0.15, 0.2) is 5.96 Å². The molecule has 21 heavy (non-hydrogen) atoms. The van der Waals surface area contributed by atoms with Crippen molar-refractivity contribution in [3.8, 4) is 0 Å². The summed E-state index contributed by atoms with van der Waals surface area (Å²) in [6, 6.07) is 7.69. The molecule has 0 saturated heterocycles. The highest BCUT2D eigenvalue weighted by Gasteiger charge is 2.11. The van der Waals surface area contributed by atoms with Gasteiger partial charge in [0.05, 0.1) is 0 Å². The van der Waals surface area contributed by atoms with E-state index in [2.05, 4.69) is 27.8 Å². The molecule has 0 fully saturated rings. The van der Waals surface area contributed by atoms with Gasteiger partial charge in [0.25, 0.3) is 0 Å². The maximum absolute atomic E-state index is 11.1. The molecule has 0 bridgehead atoms. The number of nitrogens with one attached hydrogen (secondary N) is 2. The number of halogens is 1. The Kier molecular flexibility index (Phi) is 7.21. The third-order valence-corrected chi connectivity index (χ3v) is 3.24. The van der Waals surface area contributed by atoms with Gasteiger partial charge in [-0.25, -0.2) is 0 Å². The summed E-state index contributed by atoms with van der Waals surface area (Å²) >= 11 is 0. The maximum Gasteiger partial charge on any atom is 0.248 e. The zero-order valence-electron chi connectivity index (χ0n) is 12.0. The molecular formula is C15H21IN4O.